The molecule has 2 atom stereocenters. The molecule has 0 radical (unpaired) electrons. The Bertz CT molecular complexity index is 468. The summed E-state index contributed by atoms with van der Waals surface area (Å²) in [6.07, 6.45) is -3.21. The number of alkyl halides is 4. The van der Waals surface area contributed by atoms with Gasteiger partial charge in [-0.1, -0.05) is 12.1 Å². The summed E-state index contributed by atoms with van der Waals surface area (Å²) < 4.78 is 68.3. The Kier molecular flexibility index (Phi) is 6.96. The van der Waals surface area contributed by atoms with Crippen molar-refractivity contribution in [3.8, 4) is 5.75 Å². The summed E-state index contributed by atoms with van der Waals surface area (Å²) in [5, 5.41) is 0. The van der Waals surface area contributed by atoms with Gasteiger partial charge in [-0.05, 0) is 38.5 Å². The molecule has 0 aliphatic carbocycles. The summed E-state index contributed by atoms with van der Waals surface area (Å²) >= 11 is -1.57. The fourth-order valence-electron chi connectivity index (χ4n) is 1.64. The van der Waals surface area contributed by atoms with Crippen LogP contribution >= 0.6 is 0 Å². The molecular weight excluding hydrogens is 322 g/mol. The molecule has 1 rings (SSSR count). The van der Waals surface area contributed by atoms with Crippen LogP contribution in [0.5, 0.6) is 5.75 Å². The second-order valence-corrected chi connectivity index (χ2v) is 7.63. The number of hydrogen-bond acceptors (Lipinski definition) is 3. The van der Waals surface area contributed by atoms with Crippen molar-refractivity contribution in [2.45, 2.75) is 51.0 Å². The Morgan fingerprint density at radius 1 is 1.23 bits per heavy atom. The molecule has 0 bridgehead atoms. The molecule has 0 aliphatic heterocycles. The third-order valence-corrected chi connectivity index (χ3v) is 4.32. The maximum Gasteiger partial charge on any atom is 0.387 e. The molecule has 0 heterocycles. The highest BCUT2D eigenvalue weighted by atomic mass is 32.2. The SMILES string of the molecule is CC(C)(C)[S+]([O-])N[C@@H](CC(F)F)c1cccc(OC(F)F)c1. The highest BCUT2D eigenvalue weighted by molar-refractivity contribution is 7.90. The van der Waals surface area contributed by atoms with Gasteiger partial charge in [-0.2, -0.15) is 8.78 Å². The van der Waals surface area contributed by atoms with Gasteiger partial charge < -0.3 is 9.29 Å². The summed E-state index contributed by atoms with van der Waals surface area (Å²) in [7, 11) is 0. The van der Waals surface area contributed by atoms with E-state index in [1.54, 1.807) is 20.8 Å². The largest absolute Gasteiger partial charge is 0.598 e. The van der Waals surface area contributed by atoms with E-state index in [-0.39, 0.29) is 5.75 Å². The van der Waals surface area contributed by atoms with E-state index in [4.69, 9.17) is 0 Å². The van der Waals surface area contributed by atoms with Crippen molar-refractivity contribution in [2.24, 2.45) is 0 Å². The molecule has 1 aromatic carbocycles. The summed E-state index contributed by atoms with van der Waals surface area (Å²) in [6.45, 7) is 2.10. The van der Waals surface area contributed by atoms with Crippen LogP contribution in [0.4, 0.5) is 17.6 Å². The number of hydrogen-bond donors (Lipinski definition) is 1. The second kappa shape index (κ2) is 8.03. The normalized spacial score (nSPS) is 15.2. The van der Waals surface area contributed by atoms with Gasteiger partial charge in [-0.25, -0.2) is 8.78 Å². The molecule has 0 aliphatic rings. The van der Waals surface area contributed by atoms with E-state index in [2.05, 4.69) is 9.46 Å². The van der Waals surface area contributed by atoms with Crippen molar-refractivity contribution in [1.29, 1.82) is 0 Å². The number of ether oxygens (including phenoxy) is 1. The topological polar surface area (TPSA) is 44.3 Å². The van der Waals surface area contributed by atoms with Crippen LogP contribution in [-0.2, 0) is 11.4 Å². The Labute approximate surface area is 130 Å². The van der Waals surface area contributed by atoms with Crippen molar-refractivity contribution < 1.29 is 26.9 Å². The van der Waals surface area contributed by atoms with Crippen molar-refractivity contribution in [3.63, 3.8) is 0 Å². The molecule has 126 valence electrons. The number of benzene rings is 1. The van der Waals surface area contributed by atoms with E-state index < -0.39 is 41.6 Å². The highest BCUT2D eigenvalue weighted by Gasteiger charge is 2.31. The van der Waals surface area contributed by atoms with E-state index in [1.807, 2.05) is 0 Å². The lowest BCUT2D eigenvalue weighted by Gasteiger charge is -2.28. The van der Waals surface area contributed by atoms with Crippen molar-refractivity contribution >= 4 is 11.4 Å². The quantitative estimate of drug-likeness (QED) is 0.601. The van der Waals surface area contributed by atoms with Crippen LogP contribution in [0.25, 0.3) is 0 Å². The third kappa shape index (κ3) is 6.41. The van der Waals surface area contributed by atoms with E-state index in [0.717, 1.165) is 0 Å². The van der Waals surface area contributed by atoms with Gasteiger partial charge in [0.15, 0.2) is 0 Å². The van der Waals surface area contributed by atoms with Gasteiger partial charge in [0.2, 0.25) is 6.43 Å². The van der Waals surface area contributed by atoms with Crippen molar-refractivity contribution in [1.82, 2.24) is 4.72 Å². The smallest absolute Gasteiger partial charge is 0.387 e. The summed E-state index contributed by atoms with van der Waals surface area (Å²) in [5.74, 6) is -0.130. The molecule has 0 fully saturated rings. The Hall–Kier alpha value is -0.990. The van der Waals surface area contributed by atoms with Crippen molar-refractivity contribution in [3.05, 3.63) is 29.8 Å². The van der Waals surface area contributed by atoms with E-state index >= 15 is 0 Å². The number of halogens is 4. The first kappa shape index (κ1) is 19.1. The van der Waals surface area contributed by atoms with Gasteiger partial charge in [0.05, 0.1) is 6.04 Å². The fourth-order valence-corrected chi connectivity index (χ4v) is 2.49. The third-order valence-electron chi connectivity index (χ3n) is 2.70. The zero-order chi connectivity index (χ0) is 16.9. The average Bonchev–Trinajstić information content (AvgIpc) is 2.35. The van der Waals surface area contributed by atoms with Crippen LogP contribution in [-0.4, -0.2) is 22.3 Å². The molecule has 1 unspecified atom stereocenters. The maximum atomic E-state index is 12.7. The van der Waals surface area contributed by atoms with E-state index in [9.17, 15) is 22.1 Å². The second-order valence-electron chi connectivity index (χ2n) is 5.63. The lowest BCUT2D eigenvalue weighted by molar-refractivity contribution is -0.0499. The van der Waals surface area contributed by atoms with Gasteiger partial charge in [0, 0.05) is 17.8 Å². The average molecular weight is 341 g/mol. The predicted molar refractivity (Wildman–Crippen MR) is 77.5 cm³/mol. The Morgan fingerprint density at radius 2 is 1.86 bits per heavy atom. The van der Waals surface area contributed by atoms with Gasteiger partial charge in [0.1, 0.15) is 10.5 Å². The zero-order valence-corrected chi connectivity index (χ0v) is 13.3. The molecule has 1 N–H and O–H groups in total. The molecule has 1 aromatic rings. The van der Waals surface area contributed by atoms with Crippen LogP contribution in [0.3, 0.4) is 0 Å². The van der Waals surface area contributed by atoms with Crippen LogP contribution in [0.15, 0.2) is 24.3 Å². The number of rotatable bonds is 7. The van der Waals surface area contributed by atoms with Gasteiger partial charge in [0.25, 0.3) is 0 Å². The summed E-state index contributed by atoms with van der Waals surface area (Å²) in [6, 6.07) is 4.54. The minimum atomic E-state index is -3.00. The maximum absolute atomic E-state index is 12.7. The minimum Gasteiger partial charge on any atom is -0.598 e. The molecule has 0 saturated carbocycles. The van der Waals surface area contributed by atoms with Crippen LogP contribution in [0, 0.1) is 0 Å². The molecule has 0 aromatic heterocycles. The first-order chi connectivity index (χ1) is 10.1. The molecular formula is C14H19F4NO2S. The number of nitrogens with one attached hydrogen (secondary N) is 1. The van der Waals surface area contributed by atoms with Gasteiger partial charge in [-0.3, -0.25) is 0 Å². The first-order valence-electron chi connectivity index (χ1n) is 6.60. The summed E-state index contributed by atoms with van der Waals surface area (Å²) in [4.78, 5) is 0. The fraction of sp³-hybridized carbons (Fsp3) is 0.571. The van der Waals surface area contributed by atoms with E-state index in [0.29, 0.717) is 5.56 Å². The molecule has 22 heavy (non-hydrogen) atoms. The van der Waals surface area contributed by atoms with Crippen LogP contribution in [0.2, 0.25) is 0 Å². The minimum absolute atomic E-state index is 0.130. The molecule has 0 amide bonds. The highest BCUT2D eigenvalue weighted by Crippen LogP contribution is 2.27. The van der Waals surface area contributed by atoms with E-state index in [1.165, 1.54) is 24.3 Å². The monoisotopic (exact) mass is 341 g/mol. The molecule has 0 spiro atoms. The van der Waals surface area contributed by atoms with Gasteiger partial charge >= 0.3 is 6.61 Å². The standard InChI is InChI=1S/C14H19F4NO2S/c1-14(2,3)22(20)19-11(8-12(15)16)9-5-4-6-10(7-9)21-13(17)18/h4-7,11-13,19H,8H2,1-3H3/t11-,22?/m0/s1. The Balaban J connectivity index is 2.96. The predicted octanol–water partition coefficient (Wildman–Crippen LogP) is 4.04. The van der Waals surface area contributed by atoms with Crippen LogP contribution in [0.1, 0.15) is 38.8 Å². The molecule has 0 saturated heterocycles. The first-order valence-corrected chi connectivity index (χ1v) is 7.75. The summed E-state index contributed by atoms with van der Waals surface area (Å²) in [5.41, 5.74) is 0.316. The van der Waals surface area contributed by atoms with Crippen LogP contribution < -0.4 is 9.46 Å². The van der Waals surface area contributed by atoms with Crippen molar-refractivity contribution in [2.75, 3.05) is 0 Å². The Morgan fingerprint density at radius 3 is 2.36 bits per heavy atom. The molecule has 3 nitrogen and oxygen atoms in total. The zero-order valence-electron chi connectivity index (χ0n) is 12.5. The lowest BCUT2D eigenvalue weighted by Crippen LogP contribution is -2.41. The van der Waals surface area contributed by atoms with Gasteiger partial charge in [-0.15, -0.1) is 4.72 Å². The lowest BCUT2D eigenvalue weighted by atomic mass is 10.0. The molecule has 8 heteroatoms.